The number of nitro benzene ring substituents is 1. The summed E-state index contributed by atoms with van der Waals surface area (Å²) in [7, 11) is -10.3. The Balaban J connectivity index is 0.00000241. The first-order chi connectivity index (χ1) is 16.3. The summed E-state index contributed by atoms with van der Waals surface area (Å²) in [5.74, 6) is -0.161. The Labute approximate surface area is 269 Å². The molecule has 182 valence electrons. The molecule has 0 bridgehead atoms. The van der Waals surface area contributed by atoms with E-state index in [0.29, 0.717) is 17.4 Å². The minimum Gasteiger partial charge on any atom is -0.744 e. The molecule has 0 spiro atoms. The second-order valence-corrected chi connectivity index (χ2v) is 11.0. The van der Waals surface area contributed by atoms with Crippen LogP contribution >= 0.6 is 22.6 Å². The number of hydrazine groups is 2. The maximum atomic E-state index is 11.9. The fraction of sp³-hybridized carbons (Fsp3) is 0. The Morgan fingerprint density at radius 2 is 1.41 bits per heavy atom. The van der Waals surface area contributed by atoms with E-state index in [2.05, 4.69) is 33.1 Å². The summed E-state index contributed by atoms with van der Waals surface area (Å²) < 4.78 is 70.7. The number of halogens is 1. The Hall–Kier alpha value is -1.32. The third kappa shape index (κ3) is 7.21. The van der Waals surface area contributed by atoms with Gasteiger partial charge in [0.2, 0.25) is 0 Å². The van der Waals surface area contributed by atoms with Crippen LogP contribution in [0.3, 0.4) is 0 Å². The van der Waals surface area contributed by atoms with Gasteiger partial charge in [-0.3, -0.25) is 15.5 Å². The summed E-state index contributed by atoms with van der Waals surface area (Å²) in [5.41, 5.74) is 3.22. The third-order valence-electron chi connectivity index (χ3n) is 4.72. The molecular weight excluding hydrogens is 663 g/mol. The van der Waals surface area contributed by atoms with E-state index in [1.807, 2.05) is 0 Å². The van der Waals surface area contributed by atoms with E-state index in [-0.39, 0.29) is 76.2 Å². The molecule has 0 saturated heterocycles. The minimum atomic E-state index is -5.23. The number of anilines is 2. The Morgan fingerprint density at radius 1 is 0.838 bits per heavy atom. The van der Waals surface area contributed by atoms with Crippen molar-refractivity contribution in [1.29, 1.82) is 0 Å². The van der Waals surface area contributed by atoms with Gasteiger partial charge in [-0.1, -0.05) is 0 Å². The zero-order valence-electron chi connectivity index (χ0n) is 19.1. The van der Waals surface area contributed by atoms with Gasteiger partial charge in [0.25, 0.3) is 5.69 Å². The molecule has 13 nitrogen and oxygen atoms in total. The van der Waals surface area contributed by atoms with Crippen molar-refractivity contribution in [1.82, 2.24) is 5.43 Å². The van der Waals surface area contributed by atoms with E-state index in [9.17, 15) is 36.1 Å². The number of nitrogens with one attached hydrogen (secondary N) is 1. The molecule has 1 aliphatic heterocycles. The average molecular weight is 675 g/mol. The number of hydrogen-bond acceptors (Lipinski definition) is 12. The van der Waals surface area contributed by atoms with Crippen molar-refractivity contribution in [3.8, 4) is 0 Å². The zero-order chi connectivity index (χ0) is 25.5. The number of hydrazone groups is 1. The number of hydrogen-bond donors (Lipinski definition) is 1. The topological polar surface area (TPSA) is 188 Å². The van der Waals surface area contributed by atoms with Gasteiger partial charge in [-0.15, -0.1) is 5.10 Å². The molecule has 0 saturated carbocycles. The van der Waals surface area contributed by atoms with Crippen LogP contribution in [0.5, 0.6) is 0 Å². The average Bonchev–Trinajstić information content (AvgIpc) is 3.23. The van der Waals surface area contributed by atoms with Crippen LogP contribution in [0, 0.1) is 13.7 Å². The normalized spacial score (nSPS) is 13.2. The molecule has 1 N–H and O–H groups in total. The summed E-state index contributed by atoms with van der Waals surface area (Å²) in [5, 5.41) is 18.0. The van der Waals surface area contributed by atoms with Crippen LogP contribution in [0.25, 0.3) is 0 Å². The van der Waals surface area contributed by atoms with Gasteiger partial charge in [0, 0.05) is 21.3 Å². The predicted octanol–water partition coefficient (Wildman–Crippen LogP) is -3.88. The quantitative estimate of drug-likeness (QED) is 0.0886. The summed E-state index contributed by atoms with van der Waals surface area (Å²) in [6.07, 6.45) is 0. The van der Waals surface area contributed by atoms with Crippen molar-refractivity contribution >= 4 is 65.7 Å². The van der Waals surface area contributed by atoms with Gasteiger partial charge < -0.3 is 9.11 Å². The molecular formula is C19H12IN5Na2O8S2. The third-order valence-corrected chi connectivity index (χ3v) is 7.15. The zero-order valence-corrected chi connectivity index (χ0v) is 26.9. The largest absolute Gasteiger partial charge is 1.00 e. The Kier molecular flexibility index (Phi) is 10.6. The molecule has 4 rings (SSSR count). The molecule has 3 aromatic rings. The van der Waals surface area contributed by atoms with Gasteiger partial charge in [-0.05, 0) is 77.2 Å². The van der Waals surface area contributed by atoms with Crippen molar-refractivity contribution in [3.63, 3.8) is 0 Å². The van der Waals surface area contributed by atoms with Crippen molar-refractivity contribution in [2.75, 3.05) is 10.2 Å². The molecule has 1 aliphatic rings. The van der Waals surface area contributed by atoms with Gasteiger partial charge in [-0.25, -0.2) is 16.8 Å². The smallest absolute Gasteiger partial charge is 0.744 e. The van der Waals surface area contributed by atoms with Crippen molar-refractivity contribution in [2.45, 2.75) is 9.79 Å². The second kappa shape index (κ2) is 12.2. The van der Waals surface area contributed by atoms with Crippen LogP contribution in [-0.4, -0.2) is 36.7 Å². The van der Waals surface area contributed by atoms with Gasteiger partial charge in [0.1, 0.15) is 20.2 Å². The number of rotatable bonds is 6. The maximum absolute atomic E-state index is 11.9. The van der Waals surface area contributed by atoms with Crippen molar-refractivity contribution in [2.24, 2.45) is 5.10 Å². The van der Waals surface area contributed by atoms with Crippen LogP contribution in [0.2, 0.25) is 0 Å². The van der Waals surface area contributed by atoms with E-state index < -0.39 is 35.0 Å². The molecule has 0 unspecified atom stereocenters. The predicted molar refractivity (Wildman–Crippen MR) is 129 cm³/mol. The fourth-order valence-corrected chi connectivity index (χ4v) is 4.76. The fourth-order valence-electron chi connectivity index (χ4n) is 3.12. The van der Waals surface area contributed by atoms with Crippen LogP contribution < -0.4 is 74.8 Å². The van der Waals surface area contributed by atoms with Crippen LogP contribution in [-0.2, 0) is 20.2 Å². The molecule has 3 aromatic carbocycles. The Bertz CT molecular complexity index is 1570. The second-order valence-electron chi connectivity index (χ2n) is 6.98. The maximum Gasteiger partial charge on any atom is 1.00 e. The summed E-state index contributed by atoms with van der Waals surface area (Å²) in [4.78, 5) is 8.58. The number of benzene rings is 3. The summed E-state index contributed by atoms with van der Waals surface area (Å²) >= 11 is 2.10. The molecule has 0 radical (unpaired) electrons. The van der Waals surface area contributed by atoms with E-state index >= 15 is 0 Å². The molecule has 1 heterocycles. The number of nitro groups is 1. The molecule has 18 heteroatoms. The molecule has 0 atom stereocenters. The summed E-state index contributed by atoms with van der Waals surface area (Å²) in [6, 6.07) is 14.6. The van der Waals surface area contributed by atoms with E-state index in [1.54, 1.807) is 24.3 Å². The number of nitrogens with zero attached hydrogens (tertiary/aromatic N) is 4. The van der Waals surface area contributed by atoms with E-state index in [0.717, 1.165) is 15.7 Å². The molecule has 0 fully saturated rings. The SMILES string of the molecule is O=[N+]([O-])c1ccc(N2NC(c3ccc(S(=O)(=O)[O-])cc3S(=O)(=O)[O-])=NN2c2ccc(I)cc2)cc1.[Na+].[Na+]. The van der Waals surface area contributed by atoms with E-state index in [4.69, 9.17) is 0 Å². The standard InChI is InChI=1S/C19H14IN5O8S2.2Na/c20-12-1-3-13(4-2-12)23-21-19(22-24(23)14-5-7-15(8-6-14)25(26)27)17-10-9-16(34(28,29)30)11-18(17)35(31,32)33;;/h1-11H,(H,21,22)(H,28,29,30)(H,31,32,33);;/q;2*+1/p-2. The monoisotopic (exact) mass is 675 g/mol. The first-order valence-corrected chi connectivity index (χ1v) is 13.3. The van der Waals surface area contributed by atoms with Crippen molar-refractivity contribution < 1.29 is 90.0 Å². The van der Waals surface area contributed by atoms with Crippen molar-refractivity contribution in [3.05, 3.63) is 86.0 Å². The van der Waals surface area contributed by atoms with Crippen LogP contribution in [0.1, 0.15) is 5.56 Å². The molecule has 0 aliphatic carbocycles. The molecule has 0 amide bonds. The van der Waals surface area contributed by atoms with Crippen LogP contribution in [0.4, 0.5) is 17.1 Å². The number of non-ortho nitro benzene ring substituents is 1. The Morgan fingerprint density at radius 3 is 1.92 bits per heavy atom. The summed E-state index contributed by atoms with van der Waals surface area (Å²) in [6.45, 7) is 0. The first-order valence-electron chi connectivity index (χ1n) is 9.36. The molecule has 37 heavy (non-hydrogen) atoms. The van der Waals surface area contributed by atoms with Gasteiger partial charge in [0.15, 0.2) is 5.84 Å². The van der Waals surface area contributed by atoms with Crippen LogP contribution in [0.15, 0.2) is 81.6 Å². The van der Waals surface area contributed by atoms with Gasteiger partial charge in [0.05, 0.1) is 26.1 Å². The van der Waals surface area contributed by atoms with Gasteiger partial charge in [-0.2, -0.15) is 10.2 Å². The first kappa shape index (κ1) is 31.9. The number of amidine groups is 1. The minimum absolute atomic E-state index is 0. The van der Waals surface area contributed by atoms with E-state index in [1.165, 1.54) is 34.5 Å². The molecule has 0 aromatic heterocycles. The van der Waals surface area contributed by atoms with Gasteiger partial charge >= 0.3 is 59.1 Å².